The fourth-order valence-electron chi connectivity index (χ4n) is 2.58. The van der Waals surface area contributed by atoms with Crippen LogP contribution in [-0.4, -0.2) is 27.5 Å². The maximum absolute atomic E-state index is 12.6. The zero-order valence-electron chi connectivity index (χ0n) is 12.6. The van der Waals surface area contributed by atoms with Crippen LogP contribution in [0, 0.1) is 6.92 Å². The Bertz CT molecular complexity index is 629. The molecule has 1 heterocycles. The number of nitrogens with one attached hydrogen (secondary N) is 2. The maximum Gasteiger partial charge on any atom is 0.416 e. The molecule has 1 saturated heterocycles. The predicted octanol–water partition coefficient (Wildman–Crippen LogP) is 2.86. The molecular weight excluding hydrogens is 353 g/mol. The monoisotopic (exact) mass is 372 g/mol. The fraction of sp³-hybridized carbons (Fsp3) is 0.571. The second kappa shape index (κ2) is 7.83. The summed E-state index contributed by atoms with van der Waals surface area (Å²) in [6, 6.07) is 2.96. The van der Waals surface area contributed by atoms with E-state index in [0.29, 0.717) is 12.5 Å². The summed E-state index contributed by atoms with van der Waals surface area (Å²) < 4.78 is 64.6. The smallest absolute Gasteiger partial charge is 0.314 e. The molecule has 0 aliphatic carbocycles. The van der Waals surface area contributed by atoms with Crippen molar-refractivity contribution >= 4 is 22.4 Å². The van der Waals surface area contributed by atoms with Crippen molar-refractivity contribution in [3.63, 3.8) is 0 Å². The highest BCUT2D eigenvalue weighted by Gasteiger charge is 2.31. The number of rotatable bonds is 5. The van der Waals surface area contributed by atoms with E-state index >= 15 is 0 Å². The lowest BCUT2D eigenvalue weighted by Crippen LogP contribution is -2.31. The van der Waals surface area contributed by atoms with Gasteiger partial charge in [-0.2, -0.15) is 13.2 Å². The van der Waals surface area contributed by atoms with Gasteiger partial charge in [-0.05, 0) is 56.5 Å². The van der Waals surface area contributed by atoms with Crippen molar-refractivity contribution in [2.24, 2.45) is 0 Å². The highest BCUT2D eigenvalue weighted by atomic mass is 35.5. The van der Waals surface area contributed by atoms with Crippen LogP contribution < -0.4 is 10.0 Å². The number of aryl methyl sites for hydroxylation is 1. The van der Waals surface area contributed by atoms with E-state index in [0.717, 1.165) is 37.6 Å². The zero-order valence-corrected chi connectivity index (χ0v) is 14.2. The van der Waals surface area contributed by atoms with Crippen molar-refractivity contribution in [2.75, 3.05) is 13.1 Å². The van der Waals surface area contributed by atoms with Gasteiger partial charge >= 0.3 is 6.18 Å². The topological polar surface area (TPSA) is 58.2 Å². The number of hydrogen-bond donors (Lipinski definition) is 2. The van der Waals surface area contributed by atoms with Gasteiger partial charge in [0.1, 0.15) is 0 Å². The predicted molar refractivity (Wildman–Crippen MR) is 84.3 cm³/mol. The van der Waals surface area contributed by atoms with E-state index in [1.54, 1.807) is 0 Å². The van der Waals surface area contributed by atoms with Crippen molar-refractivity contribution in [1.82, 2.24) is 10.0 Å². The third kappa shape index (κ3) is 5.34. The Morgan fingerprint density at radius 1 is 1.35 bits per heavy atom. The molecule has 0 spiro atoms. The van der Waals surface area contributed by atoms with E-state index in [4.69, 9.17) is 0 Å². The third-order valence-electron chi connectivity index (χ3n) is 3.74. The van der Waals surface area contributed by atoms with Crippen LogP contribution >= 0.6 is 12.4 Å². The van der Waals surface area contributed by atoms with Gasteiger partial charge < -0.3 is 5.32 Å². The molecular formula is C14H20ClF3N2O2S. The fourth-order valence-corrected chi connectivity index (χ4v) is 3.85. The number of halogens is 4. The molecule has 1 aliphatic heterocycles. The second-order valence-electron chi connectivity index (χ2n) is 5.46. The highest BCUT2D eigenvalue weighted by molar-refractivity contribution is 7.89. The summed E-state index contributed by atoms with van der Waals surface area (Å²) >= 11 is 0. The number of hydrogen-bond acceptors (Lipinski definition) is 3. The second-order valence-corrected chi connectivity index (χ2v) is 7.19. The molecule has 23 heavy (non-hydrogen) atoms. The van der Waals surface area contributed by atoms with Gasteiger partial charge in [0, 0.05) is 12.6 Å². The van der Waals surface area contributed by atoms with Crippen LogP contribution in [0.2, 0.25) is 0 Å². The van der Waals surface area contributed by atoms with E-state index in [2.05, 4.69) is 10.0 Å². The Kier molecular flexibility index (Phi) is 6.88. The quantitative estimate of drug-likeness (QED) is 0.835. The number of sulfonamides is 1. The first-order chi connectivity index (χ1) is 10.2. The van der Waals surface area contributed by atoms with Crippen molar-refractivity contribution in [3.05, 3.63) is 29.3 Å². The third-order valence-corrected chi connectivity index (χ3v) is 5.36. The minimum atomic E-state index is -4.48. The first-order valence-corrected chi connectivity index (χ1v) is 8.59. The molecule has 1 atom stereocenters. The lowest BCUT2D eigenvalue weighted by Gasteiger charge is -2.14. The van der Waals surface area contributed by atoms with Crippen molar-refractivity contribution in [1.29, 1.82) is 0 Å². The molecule has 132 valence electrons. The minimum Gasteiger partial charge on any atom is -0.314 e. The molecule has 1 aliphatic rings. The van der Waals surface area contributed by atoms with E-state index < -0.39 is 21.8 Å². The molecule has 4 nitrogen and oxygen atoms in total. The van der Waals surface area contributed by atoms with Gasteiger partial charge in [-0.15, -0.1) is 12.4 Å². The van der Waals surface area contributed by atoms with Crippen LogP contribution in [-0.2, 0) is 16.2 Å². The molecule has 0 aromatic heterocycles. The Morgan fingerprint density at radius 3 is 2.57 bits per heavy atom. The van der Waals surface area contributed by atoms with Gasteiger partial charge in [0.05, 0.1) is 10.5 Å². The molecule has 1 aromatic rings. The first kappa shape index (κ1) is 20.2. The van der Waals surface area contributed by atoms with Crippen LogP contribution in [0.25, 0.3) is 0 Å². The molecule has 0 bridgehead atoms. The lowest BCUT2D eigenvalue weighted by atomic mass is 10.1. The van der Waals surface area contributed by atoms with Crippen molar-refractivity contribution < 1.29 is 21.6 Å². The first-order valence-electron chi connectivity index (χ1n) is 7.11. The van der Waals surface area contributed by atoms with Crippen LogP contribution in [0.5, 0.6) is 0 Å². The van der Waals surface area contributed by atoms with Crippen LogP contribution in [0.15, 0.2) is 23.1 Å². The summed E-state index contributed by atoms with van der Waals surface area (Å²) in [4.78, 5) is -0.111. The summed E-state index contributed by atoms with van der Waals surface area (Å²) in [5.74, 6) is 0. The van der Waals surface area contributed by atoms with Crippen molar-refractivity contribution in [2.45, 2.75) is 43.3 Å². The Balaban J connectivity index is 0.00000264. The molecule has 1 aromatic carbocycles. The summed E-state index contributed by atoms with van der Waals surface area (Å²) in [5, 5.41) is 3.26. The van der Waals surface area contributed by atoms with Gasteiger partial charge in [-0.3, -0.25) is 0 Å². The van der Waals surface area contributed by atoms with E-state index in [9.17, 15) is 21.6 Å². The zero-order chi connectivity index (χ0) is 16.4. The van der Waals surface area contributed by atoms with Crippen molar-refractivity contribution in [3.8, 4) is 0 Å². The number of benzene rings is 1. The van der Waals surface area contributed by atoms with Crippen LogP contribution in [0.3, 0.4) is 0 Å². The molecule has 0 radical (unpaired) electrons. The van der Waals surface area contributed by atoms with Gasteiger partial charge in [-0.25, -0.2) is 13.1 Å². The molecule has 9 heteroatoms. The molecule has 2 rings (SSSR count). The Labute approximate surface area is 140 Å². The number of alkyl halides is 3. The summed E-state index contributed by atoms with van der Waals surface area (Å²) in [6.45, 7) is 2.57. The summed E-state index contributed by atoms with van der Waals surface area (Å²) in [5.41, 5.74) is -0.763. The maximum atomic E-state index is 12.6. The lowest BCUT2D eigenvalue weighted by molar-refractivity contribution is -0.137. The molecule has 2 N–H and O–H groups in total. The standard InChI is InChI=1S/C14H19F3N2O2S.ClH/c1-10-9-11(14(15,16)17)4-5-13(10)22(20,21)19-8-6-12-3-2-7-18-12;/h4-5,9,12,18-19H,2-3,6-8H2,1H3;1H/t12-;/m1./s1. The average molecular weight is 373 g/mol. The van der Waals surface area contributed by atoms with E-state index in [-0.39, 0.29) is 29.4 Å². The molecule has 0 unspecified atom stereocenters. The molecule has 0 amide bonds. The van der Waals surface area contributed by atoms with E-state index in [1.807, 2.05) is 0 Å². The van der Waals surface area contributed by atoms with Crippen LogP contribution in [0.4, 0.5) is 13.2 Å². The SMILES string of the molecule is Cc1cc(C(F)(F)F)ccc1S(=O)(=O)NCC[C@H]1CCCN1.Cl. The highest BCUT2D eigenvalue weighted by Crippen LogP contribution is 2.31. The molecule has 1 fully saturated rings. The summed E-state index contributed by atoms with van der Waals surface area (Å²) in [6.07, 6.45) is -1.72. The van der Waals surface area contributed by atoms with Gasteiger partial charge in [0.15, 0.2) is 0 Å². The molecule has 0 saturated carbocycles. The normalized spacial score (nSPS) is 18.7. The van der Waals surface area contributed by atoms with Gasteiger partial charge in [0.2, 0.25) is 10.0 Å². The van der Waals surface area contributed by atoms with Gasteiger partial charge in [-0.1, -0.05) is 0 Å². The van der Waals surface area contributed by atoms with Crippen LogP contribution in [0.1, 0.15) is 30.4 Å². The minimum absolute atomic E-state index is 0. The largest absolute Gasteiger partial charge is 0.416 e. The van der Waals surface area contributed by atoms with Gasteiger partial charge in [0.25, 0.3) is 0 Å². The summed E-state index contributed by atoms with van der Waals surface area (Å²) in [7, 11) is -3.79. The Hall–Kier alpha value is -0.830. The Morgan fingerprint density at radius 2 is 2.04 bits per heavy atom. The average Bonchev–Trinajstić information content (AvgIpc) is 2.90. The van der Waals surface area contributed by atoms with E-state index in [1.165, 1.54) is 6.92 Å².